The van der Waals surface area contributed by atoms with Gasteiger partial charge in [-0.25, -0.2) is 4.79 Å². The van der Waals surface area contributed by atoms with Crippen LogP contribution in [0.1, 0.15) is 17.2 Å². The Hall–Kier alpha value is -5.48. The van der Waals surface area contributed by atoms with Crippen molar-refractivity contribution in [2.75, 3.05) is 27.4 Å². The lowest BCUT2D eigenvalue weighted by molar-refractivity contribution is -0.315. The molecule has 2 saturated heterocycles. The fraction of sp³-hybridized carbons (Fsp3) is 0.368. The average Bonchev–Trinajstić information content (AvgIpc) is 3.19. The second-order valence-electron chi connectivity index (χ2n) is 13.2. The Morgan fingerprint density at radius 3 is 1.98 bits per heavy atom. The number of rotatable bonds is 11. The number of carbonyl (C=O) groups excluding carboxylic acids is 1. The van der Waals surface area contributed by atoms with Crippen LogP contribution in [0.4, 0.5) is 0 Å². The molecule has 0 spiro atoms. The van der Waals surface area contributed by atoms with E-state index in [-0.39, 0.29) is 34.3 Å². The predicted molar refractivity (Wildman–Crippen MR) is 192 cm³/mol. The third-order valence-corrected chi connectivity index (χ3v) is 9.56. The molecule has 2 fully saturated rings. The molecule has 306 valence electrons. The summed E-state index contributed by atoms with van der Waals surface area (Å²) in [5, 5.41) is 106. The van der Waals surface area contributed by atoms with Crippen LogP contribution in [0.15, 0.2) is 63.8 Å². The Balaban J connectivity index is 1.14. The summed E-state index contributed by atoms with van der Waals surface area (Å²) in [6, 6.07) is 10.6. The number of ether oxygens (including phenoxy) is 6. The van der Waals surface area contributed by atoms with Crippen molar-refractivity contribution in [1.82, 2.24) is 0 Å². The van der Waals surface area contributed by atoms with Crippen molar-refractivity contribution < 1.29 is 88.7 Å². The Morgan fingerprint density at radius 1 is 0.737 bits per heavy atom. The Kier molecular flexibility index (Phi) is 12.2. The van der Waals surface area contributed by atoms with Crippen LogP contribution in [-0.4, -0.2) is 140 Å². The SMILES string of the molecule is COc1cc(C=CC(=O)OC[C@H]2O[C@@H](OC[C@H]3O[C@@H](c4c(O)cc5oc(-c6ccc(O)cc6)cc(=O)c5c4O)[C@H](O)[C@@H](O)[C@@H]3O)[C@H](O)[C@@H](O)[C@@H]2O)cc(OC)c1O. The number of carbonyl (C=O) groups is 1. The number of fused-ring (bicyclic) bond motifs is 1. The molecule has 0 bridgehead atoms. The van der Waals surface area contributed by atoms with Gasteiger partial charge in [0.2, 0.25) is 5.75 Å². The molecular weight excluding hydrogens is 760 g/mol. The van der Waals surface area contributed by atoms with Crippen LogP contribution in [-0.2, 0) is 23.7 Å². The van der Waals surface area contributed by atoms with E-state index in [0.717, 1.165) is 18.2 Å². The van der Waals surface area contributed by atoms with Crippen molar-refractivity contribution in [3.63, 3.8) is 0 Å². The lowest BCUT2D eigenvalue weighted by atomic mass is 9.89. The van der Waals surface area contributed by atoms with Gasteiger partial charge in [-0.2, -0.15) is 0 Å². The third-order valence-electron chi connectivity index (χ3n) is 9.56. The van der Waals surface area contributed by atoms with Crippen molar-refractivity contribution in [3.05, 3.63) is 76.0 Å². The summed E-state index contributed by atoms with van der Waals surface area (Å²) in [6.07, 6.45) is -15.6. The minimum absolute atomic E-state index is 0.0352. The normalized spacial score (nSPS) is 27.7. The lowest BCUT2D eigenvalue weighted by Gasteiger charge is -2.43. The minimum Gasteiger partial charge on any atom is -0.508 e. The number of methoxy groups -OCH3 is 2. The number of aliphatic hydroxyl groups excluding tert-OH is 6. The molecule has 4 aromatic rings. The highest BCUT2D eigenvalue weighted by atomic mass is 16.7. The Morgan fingerprint density at radius 2 is 1.35 bits per heavy atom. The van der Waals surface area contributed by atoms with E-state index in [1.807, 2.05) is 0 Å². The molecule has 2 aliphatic rings. The summed E-state index contributed by atoms with van der Waals surface area (Å²) in [4.78, 5) is 25.7. The highest BCUT2D eigenvalue weighted by Gasteiger charge is 2.49. The van der Waals surface area contributed by atoms with E-state index in [0.29, 0.717) is 11.1 Å². The molecule has 2 aliphatic heterocycles. The number of phenols is 4. The molecule has 0 saturated carbocycles. The van der Waals surface area contributed by atoms with E-state index in [9.17, 15) is 60.7 Å². The van der Waals surface area contributed by atoms with Crippen LogP contribution in [0.5, 0.6) is 34.5 Å². The van der Waals surface area contributed by atoms with Gasteiger partial charge in [0.15, 0.2) is 23.2 Å². The van der Waals surface area contributed by atoms with E-state index in [4.69, 9.17) is 32.8 Å². The number of esters is 1. The van der Waals surface area contributed by atoms with Gasteiger partial charge in [0.25, 0.3) is 0 Å². The number of aromatic hydroxyl groups is 4. The molecule has 0 radical (unpaired) electrons. The summed E-state index contributed by atoms with van der Waals surface area (Å²) >= 11 is 0. The molecule has 57 heavy (non-hydrogen) atoms. The molecule has 6 rings (SSSR count). The molecular formula is C38H40O19. The van der Waals surface area contributed by atoms with Gasteiger partial charge in [-0.05, 0) is 48.0 Å². The second kappa shape index (κ2) is 16.9. The lowest BCUT2D eigenvalue weighted by Crippen LogP contribution is -2.60. The highest BCUT2D eigenvalue weighted by Crippen LogP contribution is 2.45. The summed E-state index contributed by atoms with van der Waals surface area (Å²) in [5.41, 5.74) is -0.770. The highest BCUT2D eigenvalue weighted by molar-refractivity contribution is 5.88. The van der Waals surface area contributed by atoms with Gasteiger partial charge in [0.05, 0.1) is 26.4 Å². The molecule has 3 heterocycles. The quantitative estimate of drug-likeness (QED) is 0.0700. The van der Waals surface area contributed by atoms with Crippen molar-refractivity contribution >= 4 is 23.0 Å². The van der Waals surface area contributed by atoms with Crippen LogP contribution in [0.2, 0.25) is 0 Å². The monoisotopic (exact) mass is 800 g/mol. The average molecular weight is 801 g/mol. The zero-order valence-electron chi connectivity index (χ0n) is 30.1. The van der Waals surface area contributed by atoms with Gasteiger partial charge < -0.3 is 83.9 Å². The zero-order valence-corrected chi connectivity index (χ0v) is 30.1. The van der Waals surface area contributed by atoms with Crippen LogP contribution in [0.3, 0.4) is 0 Å². The molecule has 3 aromatic carbocycles. The fourth-order valence-electron chi connectivity index (χ4n) is 6.45. The molecule has 10 atom stereocenters. The zero-order chi connectivity index (χ0) is 41.3. The van der Waals surface area contributed by atoms with Gasteiger partial charge in [-0.15, -0.1) is 0 Å². The second-order valence-corrected chi connectivity index (χ2v) is 13.2. The van der Waals surface area contributed by atoms with Crippen molar-refractivity contribution in [1.29, 1.82) is 0 Å². The summed E-state index contributed by atoms with van der Waals surface area (Å²) in [6.45, 7) is -1.37. The van der Waals surface area contributed by atoms with Crippen molar-refractivity contribution in [2.24, 2.45) is 0 Å². The van der Waals surface area contributed by atoms with E-state index in [1.165, 1.54) is 56.7 Å². The maximum absolute atomic E-state index is 13.2. The Labute approximate surface area is 321 Å². The van der Waals surface area contributed by atoms with Crippen LogP contribution in [0.25, 0.3) is 28.4 Å². The maximum Gasteiger partial charge on any atom is 0.330 e. The number of hydrogen-bond donors (Lipinski definition) is 10. The van der Waals surface area contributed by atoms with Gasteiger partial charge in [-0.1, -0.05) is 0 Å². The summed E-state index contributed by atoms with van der Waals surface area (Å²) in [5.74, 6) is -2.59. The first-order valence-electron chi connectivity index (χ1n) is 17.3. The molecule has 0 unspecified atom stereocenters. The number of hydrogen-bond acceptors (Lipinski definition) is 19. The molecule has 0 aliphatic carbocycles. The van der Waals surface area contributed by atoms with Gasteiger partial charge in [-0.3, -0.25) is 4.79 Å². The van der Waals surface area contributed by atoms with Gasteiger partial charge in [0, 0.05) is 23.8 Å². The summed E-state index contributed by atoms with van der Waals surface area (Å²) in [7, 11) is 2.65. The number of phenolic OH excluding ortho intramolecular Hbond substituents is 4. The largest absolute Gasteiger partial charge is 0.508 e. The first kappa shape index (κ1) is 41.2. The van der Waals surface area contributed by atoms with Gasteiger partial charge >= 0.3 is 5.97 Å². The van der Waals surface area contributed by atoms with E-state index >= 15 is 0 Å². The Bertz CT molecular complexity index is 2140. The van der Waals surface area contributed by atoms with E-state index in [1.54, 1.807) is 0 Å². The topological polar surface area (TPSA) is 305 Å². The fourth-order valence-corrected chi connectivity index (χ4v) is 6.45. The molecule has 19 heteroatoms. The smallest absolute Gasteiger partial charge is 0.330 e. The van der Waals surface area contributed by atoms with Crippen molar-refractivity contribution in [3.8, 4) is 45.8 Å². The maximum atomic E-state index is 13.2. The predicted octanol–water partition coefficient (Wildman–Crippen LogP) is -0.0970. The van der Waals surface area contributed by atoms with Crippen LogP contribution >= 0.6 is 0 Å². The standard InChI is InChI=1S/C38H40O19/c1-51-22-9-15(10-23(52-2)29(22)43)3-8-26(42)53-13-25-31(45)34(48)36(50)38(57-25)54-14-24-30(44)33(47)35(49)37(56-24)28-19(41)12-21-27(32(28)46)18(40)11-20(55-21)16-4-6-17(39)7-5-16/h3-12,24-25,30-31,33-39,41,43-50H,13-14H2,1-2H3/t24-,25-,30-,31-,33+,34+,35-,36-,37+,38-/m1/s1. The molecule has 0 amide bonds. The van der Waals surface area contributed by atoms with Crippen molar-refractivity contribution in [2.45, 2.75) is 61.2 Å². The first-order valence-corrected chi connectivity index (χ1v) is 17.3. The first-order chi connectivity index (χ1) is 27.1. The van der Waals surface area contributed by atoms with E-state index in [2.05, 4.69) is 0 Å². The molecule has 19 nitrogen and oxygen atoms in total. The van der Waals surface area contributed by atoms with Crippen LogP contribution in [0, 0.1) is 0 Å². The van der Waals surface area contributed by atoms with E-state index < -0.39 is 108 Å². The number of benzene rings is 3. The minimum atomic E-state index is -1.98. The van der Waals surface area contributed by atoms with Gasteiger partial charge in [0.1, 0.15) is 95.5 Å². The third kappa shape index (κ3) is 8.33. The molecule has 1 aromatic heterocycles. The molecule has 10 N–H and O–H groups in total. The van der Waals surface area contributed by atoms with Crippen LogP contribution < -0.4 is 14.9 Å². The number of aliphatic hydroxyl groups is 6. The summed E-state index contributed by atoms with van der Waals surface area (Å²) < 4.78 is 38.0.